The first-order valence-electron chi connectivity index (χ1n) is 5.18. The van der Waals surface area contributed by atoms with Crippen LogP contribution >= 0.6 is 0 Å². The van der Waals surface area contributed by atoms with Crippen LogP contribution in [0.1, 0.15) is 31.4 Å². The fourth-order valence-electron chi connectivity index (χ4n) is 1.81. The summed E-state index contributed by atoms with van der Waals surface area (Å²) in [5.41, 5.74) is 1.18. The molecule has 0 spiro atoms. The van der Waals surface area contributed by atoms with Gasteiger partial charge in [0.25, 0.3) is 0 Å². The van der Waals surface area contributed by atoms with E-state index in [9.17, 15) is 4.79 Å². The molecular weight excluding hydrogens is 188 g/mol. The van der Waals surface area contributed by atoms with Crippen LogP contribution in [0.2, 0.25) is 0 Å². The topological polar surface area (TPSA) is 26.3 Å². The summed E-state index contributed by atoms with van der Waals surface area (Å²) < 4.78 is 5.70. The molecule has 1 unspecified atom stereocenters. The Kier molecular flexibility index (Phi) is 2.86. The van der Waals surface area contributed by atoms with Crippen LogP contribution in [0.15, 0.2) is 42.2 Å². The number of rotatable bonds is 2. The zero-order valence-electron chi connectivity index (χ0n) is 8.77. The predicted octanol–water partition coefficient (Wildman–Crippen LogP) is 3.01. The molecule has 1 aliphatic rings. The Bertz CT molecular complexity index is 379. The van der Waals surface area contributed by atoms with Crippen molar-refractivity contribution in [2.24, 2.45) is 0 Å². The quantitative estimate of drug-likeness (QED) is 0.689. The van der Waals surface area contributed by atoms with E-state index in [-0.39, 0.29) is 11.9 Å². The summed E-state index contributed by atoms with van der Waals surface area (Å²) in [5, 5.41) is 0. The summed E-state index contributed by atoms with van der Waals surface area (Å²) in [6, 6.07) is 10.1. The molecule has 1 heterocycles. The minimum Gasteiger partial charge on any atom is -0.490 e. The fraction of sp³-hybridized carbons (Fsp3) is 0.308. The van der Waals surface area contributed by atoms with Crippen molar-refractivity contribution in [3.63, 3.8) is 0 Å². The summed E-state index contributed by atoms with van der Waals surface area (Å²) in [4.78, 5) is 10.9. The largest absolute Gasteiger partial charge is 0.490 e. The van der Waals surface area contributed by atoms with Crippen molar-refractivity contribution in [1.29, 1.82) is 0 Å². The number of hydrogen-bond acceptors (Lipinski definition) is 2. The van der Waals surface area contributed by atoms with Gasteiger partial charge in [0.05, 0.1) is 0 Å². The van der Waals surface area contributed by atoms with Crippen molar-refractivity contribution in [3.05, 3.63) is 47.7 Å². The highest BCUT2D eigenvalue weighted by Crippen LogP contribution is 2.34. The second-order valence-corrected chi connectivity index (χ2v) is 3.78. The monoisotopic (exact) mass is 202 g/mol. The zero-order chi connectivity index (χ0) is 10.7. The molecule has 1 fully saturated rings. The number of benzene rings is 1. The maximum Gasteiger partial charge on any atom is 0.155 e. The van der Waals surface area contributed by atoms with E-state index in [1.165, 1.54) is 5.56 Å². The third-order valence-electron chi connectivity index (χ3n) is 2.48. The van der Waals surface area contributed by atoms with Gasteiger partial charge in [0.1, 0.15) is 11.9 Å². The lowest BCUT2D eigenvalue weighted by atomic mass is 10.1. The van der Waals surface area contributed by atoms with Gasteiger partial charge in [0.2, 0.25) is 0 Å². The smallest absolute Gasteiger partial charge is 0.155 e. The molecule has 0 radical (unpaired) electrons. The van der Waals surface area contributed by atoms with Gasteiger partial charge in [-0.2, -0.15) is 0 Å². The molecule has 1 aliphatic heterocycles. The molecule has 1 saturated heterocycles. The van der Waals surface area contributed by atoms with E-state index in [4.69, 9.17) is 4.74 Å². The van der Waals surface area contributed by atoms with Crippen molar-refractivity contribution >= 4 is 5.78 Å². The maximum atomic E-state index is 10.9. The predicted molar refractivity (Wildman–Crippen MR) is 58.3 cm³/mol. The Balaban J connectivity index is 2.08. The lowest BCUT2D eigenvalue weighted by Gasteiger charge is -2.10. The van der Waals surface area contributed by atoms with Gasteiger partial charge in [0.15, 0.2) is 5.78 Å². The third-order valence-corrected chi connectivity index (χ3v) is 2.48. The van der Waals surface area contributed by atoms with Crippen molar-refractivity contribution in [2.75, 3.05) is 0 Å². The van der Waals surface area contributed by atoms with Crippen LogP contribution in [0.4, 0.5) is 0 Å². The highest BCUT2D eigenvalue weighted by Gasteiger charge is 2.22. The molecular formula is C13H14O2. The first-order valence-corrected chi connectivity index (χ1v) is 5.18. The van der Waals surface area contributed by atoms with Gasteiger partial charge in [0, 0.05) is 12.5 Å². The summed E-state index contributed by atoms with van der Waals surface area (Å²) >= 11 is 0. The molecule has 0 bridgehead atoms. The van der Waals surface area contributed by atoms with E-state index in [2.05, 4.69) is 12.1 Å². The minimum absolute atomic E-state index is 0.0544. The van der Waals surface area contributed by atoms with E-state index >= 15 is 0 Å². The molecule has 1 aromatic carbocycles. The van der Waals surface area contributed by atoms with Crippen LogP contribution in [0.25, 0.3) is 0 Å². The molecule has 0 aromatic heterocycles. The standard InChI is InChI=1S/C13H14O2/c1-10(14)9-12-7-8-13(15-12)11-5-3-2-4-6-11/h2-6,9,13H,7-8H2,1H3/b12-9-. The third kappa shape index (κ3) is 2.46. The lowest BCUT2D eigenvalue weighted by Crippen LogP contribution is -1.94. The van der Waals surface area contributed by atoms with E-state index in [0.717, 1.165) is 18.6 Å². The van der Waals surface area contributed by atoms with Crippen molar-refractivity contribution in [2.45, 2.75) is 25.9 Å². The van der Waals surface area contributed by atoms with Crippen LogP contribution in [-0.4, -0.2) is 5.78 Å². The summed E-state index contributed by atoms with van der Waals surface area (Å²) in [5.74, 6) is 0.870. The number of hydrogen-bond donors (Lipinski definition) is 0. The fourth-order valence-corrected chi connectivity index (χ4v) is 1.81. The second-order valence-electron chi connectivity index (χ2n) is 3.78. The van der Waals surface area contributed by atoms with Crippen molar-refractivity contribution in [3.8, 4) is 0 Å². The Morgan fingerprint density at radius 3 is 2.80 bits per heavy atom. The van der Waals surface area contributed by atoms with Gasteiger partial charge in [-0.25, -0.2) is 0 Å². The number of allylic oxidation sites excluding steroid dienone is 2. The number of carbonyl (C=O) groups excluding carboxylic acids is 1. The molecule has 78 valence electrons. The van der Waals surface area contributed by atoms with E-state index in [1.807, 2.05) is 18.2 Å². The molecule has 15 heavy (non-hydrogen) atoms. The summed E-state index contributed by atoms with van der Waals surface area (Å²) in [7, 11) is 0. The second kappa shape index (κ2) is 4.30. The minimum atomic E-state index is 0.0544. The van der Waals surface area contributed by atoms with Gasteiger partial charge in [-0.15, -0.1) is 0 Å². The van der Waals surface area contributed by atoms with Crippen LogP contribution in [-0.2, 0) is 9.53 Å². The average Bonchev–Trinajstić information content (AvgIpc) is 2.67. The van der Waals surface area contributed by atoms with Crippen LogP contribution in [0.3, 0.4) is 0 Å². The van der Waals surface area contributed by atoms with Gasteiger partial charge >= 0.3 is 0 Å². The molecule has 0 N–H and O–H groups in total. The van der Waals surface area contributed by atoms with E-state index < -0.39 is 0 Å². The van der Waals surface area contributed by atoms with Crippen LogP contribution in [0, 0.1) is 0 Å². The van der Waals surface area contributed by atoms with Crippen LogP contribution in [0.5, 0.6) is 0 Å². The maximum absolute atomic E-state index is 10.9. The molecule has 2 heteroatoms. The highest BCUT2D eigenvalue weighted by molar-refractivity contribution is 5.87. The summed E-state index contributed by atoms with van der Waals surface area (Å²) in [6.45, 7) is 1.55. The Hall–Kier alpha value is -1.57. The Morgan fingerprint density at radius 1 is 1.40 bits per heavy atom. The average molecular weight is 202 g/mol. The van der Waals surface area contributed by atoms with Crippen molar-refractivity contribution < 1.29 is 9.53 Å². The van der Waals surface area contributed by atoms with Gasteiger partial charge in [-0.05, 0) is 18.9 Å². The van der Waals surface area contributed by atoms with E-state index in [0.29, 0.717) is 0 Å². The number of ketones is 1. The normalized spacial score (nSPS) is 22.7. The Labute approximate surface area is 89.6 Å². The van der Waals surface area contributed by atoms with Gasteiger partial charge < -0.3 is 4.74 Å². The highest BCUT2D eigenvalue weighted by atomic mass is 16.5. The zero-order valence-corrected chi connectivity index (χ0v) is 8.77. The molecule has 2 rings (SSSR count). The lowest BCUT2D eigenvalue weighted by molar-refractivity contribution is -0.112. The SMILES string of the molecule is CC(=O)/C=C1/CCC(c2ccccc2)O1. The Morgan fingerprint density at radius 2 is 2.13 bits per heavy atom. The van der Waals surface area contributed by atoms with Gasteiger partial charge in [-0.1, -0.05) is 30.3 Å². The van der Waals surface area contributed by atoms with Crippen molar-refractivity contribution in [1.82, 2.24) is 0 Å². The number of carbonyl (C=O) groups is 1. The van der Waals surface area contributed by atoms with Gasteiger partial charge in [-0.3, -0.25) is 4.79 Å². The first-order chi connectivity index (χ1) is 7.25. The number of ether oxygens (including phenoxy) is 1. The molecule has 0 amide bonds. The van der Waals surface area contributed by atoms with E-state index in [1.54, 1.807) is 13.0 Å². The molecule has 1 aromatic rings. The summed E-state index contributed by atoms with van der Waals surface area (Å²) in [6.07, 6.45) is 3.53. The molecule has 2 nitrogen and oxygen atoms in total. The molecule has 0 saturated carbocycles. The van der Waals surface area contributed by atoms with Crippen LogP contribution < -0.4 is 0 Å². The molecule has 0 aliphatic carbocycles. The first kappa shape index (κ1) is 9.97. The molecule has 1 atom stereocenters.